The van der Waals surface area contributed by atoms with Gasteiger partial charge >= 0.3 is 0 Å². The largest absolute Gasteiger partial charge is 0.494 e. The topological polar surface area (TPSA) is 38.3 Å². The van der Waals surface area contributed by atoms with E-state index >= 15 is 0 Å². The summed E-state index contributed by atoms with van der Waals surface area (Å²) in [6.45, 7) is 8.39. The average Bonchev–Trinajstić information content (AvgIpc) is 2.29. The molecule has 0 aliphatic carbocycles. The van der Waals surface area contributed by atoms with Crippen LogP contribution in [-0.4, -0.2) is 12.5 Å². The monoisotopic (exact) mass is 247 g/mol. The van der Waals surface area contributed by atoms with Crippen molar-refractivity contribution >= 4 is 5.91 Å². The lowest BCUT2D eigenvalue weighted by atomic mass is 10.1. The first-order chi connectivity index (χ1) is 8.52. The quantitative estimate of drug-likeness (QED) is 0.811. The van der Waals surface area contributed by atoms with Crippen LogP contribution in [0.4, 0.5) is 0 Å². The van der Waals surface area contributed by atoms with Crippen molar-refractivity contribution in [1.82, 2.24) is 5.32 Å². The summed E-state index contributed by atoms with van der Waals surface area (Å²) in [7, 11) is 0. The van der Waals surface area contributed by atoms with Crippen molar-refractivity contribution in [1.29, 1.82) is 0 Å². The van der Waals surface area contributed by atoms with Crippen molar-refractivity contribution < 1.29 is 9.53 Å². The van der Waals surface area contributed by atoms with Crippen molar-refractivity contribution in [2.45, 2.75) is 33.7 Å². The molecule has 0 unspecified atom stereocenters. The van der Waals surface area contributed by atoms with E-state index in [1.807, 2.05) is 52.0 Å². The summed E-state index contributed by atoms with van der Waals surface area (Å²) >= 11 is 0. The van der Waals surface area contributed by atoms with Crippen LogP contribution in [0.3, 0.4) is 0 Å². The first-order valence-corrected chi connectivity index (χ1v) is 6.21. The first kappa shape index (κ1) is 14.3. The highest BCUT2D eigenvalue weighted by Crippen LogP contribution is 2.17. The molecule has 0 radical (unpaired) electrons. The number of hydrogen-bond acceptors (Lipinski definition) is 2. The lowest BCUT2D eigenvalue weighted by molar-refractivity contribution is -0.117. The molecule has 1 N–H and O–H groups in total. The van der Waals surface area contributed by atoms with Gasteiger partial charge in [0.2, 0.25) is 5.91 Å². The lowest BCUT2D eigenvalue weighted by Crippen LogP contribution is -2.24. The molecule has 0 spiro atoms. The molecule has 0 saturated carbocycles. The molecule has 1 rings (SSSR count). The maximum Gasteiger partial charge on any atom is 0.244 e. The smallest absolute Gasteiger partial charge is 0.244 e. The Morgan fingerprint density at radius 3 is 2.44 bits per heavy atom. The summed E-state index contributed by atoms with van der Waals surface area (Å²) in [5.41, 5.74) is 2.06. The van der Waals surface area contributed by atoms with E-state index < -0.39 is 0 Å². The minimum Gasteiger partial charge on any atom is -0.494 e. The van der Waals surface area contributed by atoms with Gasteiger partial charge in [-0.3, -0.25) is 4.79 Å². The molecule has 98 valence electrons. The van der Waals surface area contributed by atoms with Gasteiger partial charge in [-0.25, -0.2) is 0 Å². The standard InChI is InChI=1S/C15H21NO2/c1-5-18-14-8-6-13(7-9-14)12(4)16-15(17)10-11(2)3/h6-10,12H,5H2,1-4H3,(H,16,17)/t12-/m1/s1. The van der Waals surface area contributed by atoms with E-state index in [9.17, 15) is 4.79 Å². The van der Waals surface area contributed by atoms with E-state index in [1.165, 1.54) is 0 Å². The molecule has 0 saturated heterocycles. The number of nitrogens with one attached hydrogen (secondary N) is 1. The van der Waals surface area contributed by atoms with Crippen molar-refractivity contribution in [3.05, 3.63) is 41.5 Å². The Bertz CT molecular complexity index is 417. The number of carbonyl (C=O) groups is 1. The molecule has 3 nitrogen and oxygen atoms in total. The van der Waals surface area contributed by atoms with Crippen LogP contribution >= 0.6 is 0 Å². The number of amides is 1. The van der Waals surface area contributed by atoms with Crippen LogP contribution in [0.1, 0.15) is 39.3 Å². The van der Waals surface area contributed by atoms with Gasteiger partial charge in [-0.2, -0.15) is 0 Å². The average molecular weight is 247 g/mol. The van der Waals surface area contributed by atoms with Gasteiger partial charge < -0.3 is 10.1 Å². The van der Waals surface area contributed by atoms with Gasteiger partial charge in [0.1, 0.15) is 5.75 Å². The van der Waals surface area contributed by atoms with Gasteiger partial charge in [0, 0.05) is 6.08 Å². The molecule has 0 heterocycles. The Kier molecular flexibility index (Phi) is 5.43. The van der Waals surface area contributed by atoms with Gasteiger partial charge in [-0.05, 0) is 45.4 Å². The normalized spacial score (nSPS) is 11.6. The predicted octanol–water partition coefficient (Wildman–Crippen LogP) is 3.23. The van der Waals surface area contributed by atoms with Crippen LogP contribution < -0.4 is 10.1 Å². The highest BCUT2D eigenvalue weighted by molar-refractivity contribution is 5.88. The summed E-state index contributed by atoms with van der Waals surface area (Å²) in [6.07, 6.45) is 1.60. The van der Waals surface area contributed by atoms with Crippen LogP contribution in [0.25, 0.3) is 0 Å². The maximum atomic E-state index is 11.6. The van der Waals surface area contributed by atoms with Crippen LogP contribution in [0.15, 0.2) is 35.9 Å². The fourth-order valence-corrected chi connectivity index (χ4v) is 1.62. The van der Waals surface area contributed by atoms with Crippen molar-refractivity contribution in [3.8, 4) is 5.75 Å². The molecule has 0 fully saturated rings. The van der Waals surface area contributed by atoms with Crippen molar-refractivity contribution in [3.63, 3.8) is 0 Å². The first-order valence-electron chi connectivity index (χ1n) is 6.21. The summed E-state index contributed by atoms with van der Waals surface area (Å²) < 4.78 is 5.38. The molecule has 3 heteroatoms. The minimum atomic E-state index is -0.0589. The molecule has 0 aliphatic rings. The second kappa shape index (κ2) is 6.84. The fraction of sp³-hybridized carbons (Fsp3) is 0.400. The zero-order valence-corrected chi connectivity index (χ0v) is 11.5. The van der Waals surface area contributed by atoms with E-state index in [0.29, 0.717) is 6.61 Å². The van der Waals surface area contributed by atoms with E-state index in [0.717, 1.165) is 16.9 Å². The summed E-state index contributed by atoms with van der Waals surface area (Å²) in [4.78, 5) is 11.6. The molecular formula is C15H21NO2. The number of ether oxygens (including phenoxy) is 1. The van der Waals surface area contributed by atoms with Crippen LogP contribution in [-0.2, 0) is 4.79 Å². The summed E-state index contributed by atoms with van der Waals surface area (Å²) in [5, 5.41) is 2.92. The zero-order valence-electron chi connectivity index (χ0n) is 11.5. The Hall–Kier alpha value is -1.77. The molecule has 1 aromatic carbocycles. The third-order valence-electron chi connectivity index (χ3n) is 2.47. The molecule has 0 aromatic heterocycles. The fourth-order valence-electron chi connectivity index (χ4n) is 1.62. The Balaban J connectivity index is 2.64. The molecule has 1 aromatic rings. The second-order valence-corrected chi connectivity index (χ2v) is 4.45. The Labute approximate surface area is 109 Å². The summed E-state index contributed by atoms with van der Waals surface area (Å²) in [5.74, 6) is 0.792. The van der Waals surface area contributed by atoms with Gasteiger partial charge in [0.15, 0.2) is 0 Å². The highest BCUT2D eigenvalue weighted by Gasteiger charge is 2.07. The number of rotatable bonds is 5. The van der Waals surface area contributed by atoms with Crippen molar-refractivity contribution in [2.75, 3.05) is 6.61 Å². The van der Waals surface area contributed by atoms with Gasteiger partial charge in [0.25, 0.3) is 0 Å². The van der Waals surface area contributed by atoms with Gasteiger partial charge in [0.05, 0.1) is 12.6 Å². The summed E-state index contributed by atoms with van der Waals surface area (Å²) in [6, 6.07) is 7.77. The molecule has 0 aliphatic heterocycles. The number of hydrogen-bond donors (Lipinski definition) is 1. The van der Waals surface area contributed by atoms with E-state index in [1.54, 1.807) is 6.08 Å². The van der Waals surface area contributed by atoms with Gasteiger partial charge in [-0.1, -0.05) is 17.7 Å². The maximum absolute atomic E-state index is 11.6. The highest BCUT2D eigenvalue weighted by atomic mass is 16.5. The SMILES string of the molecule is CCOc1ccc([C@@H](C)NC(=O)C=C(C)C)cc1. The second-order valence-electron chi connectivity index (χ2n) is 4.45. The lowest BCUT2D eigenvalue weighted by Gasteiger charge is -2.13. The predicted molar refractivity (Wildman–Crippen MR) is 73.6 cm³/mol. The molecular weight excluding hydrogens is 226 g/mol. The van der Waals surface area contributed by atoms with E-state index in [2.05, 4.69) is 5.32 Å². The van der Waals surface area contributed by atoms with E-state index in [-0.39, 0.29) is 11.9 Å². The van der Waals surface area contributed by atoms with Crippen molar-refractivity contribution in [2.24, 2.45) is 0 Å². The van der Waals surface area contributed by atoms with E-state index in [4.69, 9.17) is 4.74 Å². The zero-order chi connectivity index (χ0) is 13.5. The molecule has 1 atom stereocenters. The third-order valence-corrected chi connectivity index (χ3v) is 2.47. The number of carbonyl (C=O) groups excluding carboxylic acids is 1. The van der Waals surface area contributed by atoms with Crippen LogP contribution in [0.2, 0.25) is 0 Å². The number of benzene rings is 1. The number of allylic oxidation sites excluding steroid dienone is 1. The molecule has 1 amide bonds. The van der Waals surface area contributed by atoms with Crippen LogP contribution in [0, 0.1) is 0 Å². The van der Waals surface area contributed by atoms with Gasteiger partial charge in [-0.15, -0.1) is 0 Å². The Morgan fingerprint density at radius 2 is 1.94 bits per heavy atom. The third kappa shape index (κ3) is 4.62. The van der Waals surface area contributed by atoms with Crippen LogP contribution in [0.5, 0.6) is 5.75 Å². The molecule has 0 bridgehead atoms. The minimum absolute atomic E-state index is 0.0104. The Morgan fingerprint density at radius 1 is 1.33 bits per heavy atom. The molecule has 18 heavy (non-hydrogen) atoms.